The zero-order valence-corrected chi connectivity index (χ0v) is 18.9. The Morgan fingerprint density at radius 3 is 2.73 bits per heavy atom. The van der Waals surface area contributed by atoms with Crippen LogP contribution in [0.25, 0.3) is 0 Å². The van der Waals surface area contributed by atoms with Crippen LogP contribution in [0.1, 0.15) is 35.0 Å². The number of rotatable bonds is 6. The minimum absolute atomic E-state index is 0.00725. The van der Waals surface area contributed by atoms with Crippen LogP contribution in [0.4, 0.5) is 11.4 Å². The molecule has 1 N–H and O–H groups in total. The van der Waals surface area contributed by atoms with Gasteiger partial charge in [-0.15, -0.1) is 0 Å². The number of hydrogen-bond acceptors (Lipinski definition) is 5. The van der Waals surface area contributed by atoms with Gasteiger partial charge in [-0.2, -0.15) is 5.10 Å². The first kappa shape index (κ1) is 22.3. The Morgan fingerprint density at radius 1 is 1.15 bits per heavy atom. The summed E-state index contributed by atoms with van der Waals surface area (Å²) in [6, 6.07) is 16.0. The maximum atomic E-state index is 13.2. The lowest BCUT2D eigenvalue weighted by molar-refractivity contribution is -0.116. The Bertz CT molecular complexity index is 1270. The van der Waals surface area contributed by atoms with Gasteiger partial charge >= 0.3 is 0 Å². The largest absolute Gasteiger partial charge is 0.495 e. The molecule has 0 bridgehead atoms. The molecule has 0 aliphatic carbocycles. The number of nitrogens with zero attached hydrogens (tertiary/aromatic N) is 3. The molecule has 1 aliphatic heterocycles. The lowest BCUT2D eigenvalue weighted by Crippen LogP contribution is -2.37. The van der Waals surface area contributed by atoms with Gasteiger partial charge in [-0.3, -0.25) is 14.4 Å². The molecule has 1 aromatic heterocycles. The summed E-state index contributed by atoms with van der Waals surface area (Å²) in [6.07, 6.45) is 0.786. The van der Waals surface area contributed by atoms with Gasteiger partial charge < -0.3 is 15.0 Å². The Balaban J connectivity index is 1.48. The van der Waals surface area contributed by atoms with Crippen molar-refractivity contribution < 1.29 is 14.3 Å². The van der Waals surface area contributed by atoms with E-state index in [2.05, 4.69) is 10.4 Å². The van der Waals surface area contributed by atoms with Crippen molar-refractivity contribution in [3.05, 3.63) is 81.8 Å². The second kappa shape index (κ2) is 9.28. The topological polar surface area (TPSA) is 93.5 Å². The molecule has 2 aromatic carbocycles. The zero-order chi connectivity index (χ0) is 23.5. The van der Waals surface area contributed by atoms with Crippen molar-refractivity contribution in [3.8, 4) is 5.75 Å². The number of anilines is 2. The maximum absolute atomic E-state index is 13.2. The van der Waals surface area contributed by atoms with E-state index in [4.69, 9.17) is 4.74 Å². The quantitative estimate of drug-likeness (QED) is 0.628. The van der Waals surface area contributed by atoms with E-state index in [9.17, 15) is 14.4 Å². The highest BCUT2D eigenvalue weighted by atomic mass is 16.5. The number of aryl methyl sites for hydroxylation is 2. The van der Waals surface area contributed by atoms with Crippen LogP contribution in [0.5, 0.6) is 5.75 Å². The van der Waals surface area contributed by atoms with E-state index in [-0.39, 0.29) is 42.1 Å². The van der Waals surface area contributed by atoms with E-state index >= 15 is 0 Å². The molecule has 170 valence electrons. The molecule has 8 heteroatoms. The lowest BCUT2D eigenvalue weighted by Gasteiger charge is -2.22. The number of para-hydroxylation sites is 1. The molecule has 1 atom stereocenters. The number of hydrogen-bond donors (Lipinski definition) is 1. The standard InChI is InChI=1S/C25H26N4O4/c1-16-8-10-22(33-3)20(14-16)26-23(30)12-13-28-24(31)11-9-19(27-28)25(32)29-17(2)15-18-6-4-5-7-21(18)29/h4-11,14,17H,12-13,15H2,1-3H3,(H,26,30)/t17-/m1/s1. The molecule has 2 heterocycles. The molecule has 0 fully saturated rings. The van der Waals surface area contributed by atoms with Crippen molar-refractivity contribution in [1.82, 2.24) is 9.78 Å². The van der Waals surface area contributed by atoms with Crippen LogP contribution >= 0.6 is 0 Å². The Hall–Kier alpha value is -3.94. The van der Waals surface area contributed by atoms with E-state index in [1.54, 1.807) is 11.0 Å². The third-order valence-electron chi connectivity index (χ3n) is 5.69. The van der Waals surface area contributed by atoms with Crippen LogP contribution < -0.4 is 20.5 Å². The molecular weight excluding hydrogens is 420 g/mol. The van der Waals surface area contributed by atoms with Crippen LogP contribution in [-0.2, 0) is 17.8 Å². The molecular formula is C25H26N4O4. The molecule has 8 nitrogen and oxygen atoms in total. The Labute approximate surface area is 191 Å². The molecule has 1 aliphatic rings. The van der Waals surface area contributed by atoms with E-state index in [0.717, 1.165) is 27.9 Å². The van der Waals surface area contributed by atoms with Crippen molar-refractivity contribution in [2.45, 2.75) is 39.3 Å². The van der Waals surface area contributed by atoms with Crippen LogP contribution in [0.2, 0.25) is 0 Å². The van der Waals surface area contributed by atoms with Gasteiger partial charge in [0.05, 0.1) is 19.3 Å². The third-order valence-corrected chi connectivity index (χ3v) is 5.69. The molecule has 33 heavy (non-hydrogen) atoms. The Kier molecular flexibility index (Phi) is 6.26. The lowest BCUT2D eigenvalue weighted by atomic mass is 10.1. The van der Waals surface area contributed by atoms with Gasteiger partial charge in [0.2, 0.25) is 5.91 Å². The van der Waals surface area contributed by atoms with Gasteiger partial charge in [0, 0.05) is 24.2 Å². The summed E-state index contributed by atoms with van der Waals surface area (Å²) in [7, 11) is 1.53. The number of carbonyl (C=O) groups excluding carboxylic acids is 2. The minimum Gasteiger partial charge on any atom is -0.495 e. The fourth-order valence-corrected chi connectivity index (χ4v) is 4.06. The molecule has 3 aromatic rings. The van der Waals surface area contributed by atoms with Gasteiger partial charge in [-0.1, -0.05) is 24.3 Å². The third kappa shape index (κ3) is 4.64. The van der Waals surface area contributed by atoms with Crippen LogP contribution in [-0.4, -0.2) is 34.7 Å². The van der Waals surface area contributed by atoms with Crippen molar-refractivity contribution in [2.75, 3.05) is 17.3 Å². The summed E-state index contributed by atoms with van der Waals surface area (Å²) in [5, 5.41) is 7.07. The molecule has 0 saturated heterocycles. The molecule has 4 rings (SSSR count). The predicted octanol–water partition coefficient (Wildman–Crippen LogP) is 3.18. The van der Waals surface area contributed by atoms with Crippen LogP contribution in [0, 0.1) is 6.92 Å². The second-order valence-electron chi connectivity index (χ2n) is 8.14. The highest BCUT2D eigenvalue weighted by Gasteiger charge is 2.32. The first-order chi connectivity index (χ1) is 15.9. The van der Waals surface area contributed by atoms with Crippen molar-refractivity contribution in [2.24, 2.45) is 0 Å². The monoisotopic (exact) mass is 446 g/mol. The average molecular weight is 447 g/mol. The molecule has 2 amide bonds. The van der Waals surface area contributed by atoms with Gasteiger partial charge in [-0.05, 0) is 55.7 Å². The fourth-order valence-electron chi connectivity index (χ4n) is 4.06. The number of amides is 2. The minimum atomic E-state index is -0.373. The second-order valence-corrected chi connectivity index (χ2v) is 8.14. The fraction of sp³-hybridized carbons (Fsp3) is 0.280. The number of aromatic nitrogens is 2. The first-order valence-corrected chi connectivity index (χ1v) is 10.8. The molecule has 0 radical (unpaired) electrons. The van der Waals surface area contributed by atoms with Gasteiger partial charge in [0.15, 0.2) is 0 Å². The highest BCUT2D eigenvalue weighted by molar-refractivity contribution is 6.06. The summed E-state index contributed by atoms with van der Waals surface area (Å²) in [4.78, 5) is 39.7. The summed E-state index contributed by atoms with van der Waals surface area (Å²) in [5.41, 5.74) is 3.30. The van der Waals surface area contributed by atoms with Gasteiger partial charge in [-0.25, -0.2) is 4.68 Å². The number of carbonyl (C=O) groups is 2. The average Bonchev–Trinajstić information content (AvgIpc) is 3.14. The van der Waals surface area contributed by atoms with E-state index in [0.29, 0.717) is 11.4 Å². The number of ether oxygens (including phenoxy) is 1. The number of benzene rings is 2. The molecule has 0 saturated carbocycles. The molecule has 0 spiro atoms. The highest BCUT2D eigenvalue weighted by Crippen LogP contribution is 2.32. The van der Waals surface area contributed by atoms with Gasteiger partial charge in [0.1, 0.15) is 11.4 Å². The predicted molar refractivity (Wildman–Crippen MR) is 126 cm³/mol. The van der Waals surface area contributed by atoms with Crippen molar-refractivity contribution >= 4 is 23.2 Å². The maximum Gasteiger partial charge on any atom is 0.278 e. The summed E-state index contributed by atoms with van der Waals surface area (Å²) < 4.78 is 6.44. The van der Waals surface area contributed by atoms with Gasteiger partial charge in [0.25, 0.3) is 11.5 Å². The smallest absolute Gasteiger partial charge is 0.278 e. The first-order valence-electron chi connectivity index (χ1n) is 10.8. The van der Waals surface area contributed by atoms with E-state index in [1.807, 2.05) is 50.2 Å². The van der Waals surface area contributed by atoms with Crippen molar-refractivity contribution in [3.63, 3.8) is 0 Å². The van der Waals surface area contributed by atoms with E-state index in [1.165, 1.54) is 19.2 Å². The summed E-state index contributed by atoms with van der Waals surface area (Å²) >= 11 is 0. The number of methoxy groups -OCH3 is 1. The normalized spacial score (nSPS) is 14.6. The number of fused-ring (bicyclic) bond motifs is 1. The van der Waals surface area contributed by atoms with E-state index < -0.39 is 0 Å². The summed E-state index contributed by atoms with van der Waals surface area (Å²) in [6.45, 7) is 3.95. The SMILES string of the molecule is COc1ccc(C)cc1NC(=O)CCn1nc(C(=O)N2c3ccccc3C[C@H]2C)ccc1=O. The van der Waals surface area contributed by atoms with Crippen LogP contribution in [0.15, 0.2) is 59.4 Å². The summed E-state index contributed by atoms with van der Waals surface area (Å²) in [5.74, 6) is -0.00146. The number of nitrogens with one attached hydrogen (secondary N) is 1. The Morgan fingerprint density at radius 2 is 1.94 bits per heavy atom. The van der Waals surface area contributed by atoms with Crippen LogP contribution in [0.3, 0.4) is 0 Å². The van der Waals surface area contributed by atoms with Crippen molar-refractivity contribution in [1.29, 1.82) is 0 Å². The molecule has 0 unspecified atom stereocenters. The zero-order valence-electron chi connectivity index (χ0n) is 18.9.